The quantitative estimate of drug-likeness (QED) is 0.393. The van der Waals surface area contributed by atoms with Gasteiger partial charge in [-0.2, -0.15) is 13.2 Å². The Labute approximate surface area is 117 Å². The van der Waals surface area contributed by atoms with Crippen molar-refractivity contribution in [2.45, 2.75) is 12.6 Å². The van der Waals surface area contributed by atoms with Crippen LogP contribution in [0.25, 0.3) is 10.9 Å². The van der Waals surface area contributed by atoms with Crippen LogP contribution in [0.1, 0.15) is 12.0 Å². The highest BCUT2D eigenvalue weighted by Crippen LogP contribution is 2.24. The third kappa shape index (κ3) is 3.74. The predicted octanol–water partition coefficient (Wildman–Crippen LogP) is 2.66. The van der Waals surface area contributed by atoms with Gasteiger partial charge in [-0.25, -0.2) is 4.98 Å². The number of aromatic nitrogens is 1. The summed E-state index contributed by atoms with van der Waals surface area (Å²) in [5.74, 6) is -0.386. The molecule has 0 fully saturated rings. The maximum Gasteiger partial charge on any atom is 0.392 e. The first-order chi connectivity index (χ1) is 9.90. The van der Waals surface area contributed by atoms with Crippen LogP contribution in [0, 0.1) is 0 Å². The first-order valence-electron chi connectivity index (χ1n) is 5.98. The van der Waals surface area contributed by atoms with Gasteiger partial charge in [0.25, 0.3) is 0 Å². The van der Waals surface area contributed by atoms with E-state index < -0.39 is 19.2 Å². The standard InChI is InChI=1S/C13H12F3N3O2/c14-13(15,16)5-6-21-12-9(11(17)19-20)7-8-3-1-2-4-10(8)18-12/h1-4,7,20H,5-6H2,(H2,17,19). The summed E-state index contributed by atoms with van der Waals surface area (Å²) in [7, 11) is 0. The molecular weight excluding hydrogens is 287 g/mol. The number of rotatable bonds is 4. The second-order valence-electron chi connectivity index (χ2n) is 4.23. The third-order valence-corrected chi connectivity index (χ3v) is 2.70. The number of ether oxygens (including phenoxy) is 1. The van der Waals surface area contributed by atoms with Crippen molar-refractivity contribution in [3.8, 4) is 5.88 Å². The number of fused-ring (bicyclic) bond motifs is 1. The number of alkyl halides is 3. The van der Waals surface area contributed by atoms with Crippen LogP contribution in [-0.2, 0) is 0 Å². The van der Waals surface area contributed by atoms with Crippen LogP contribution < -0.4 is 10.5 Å². The van der Waals surface area contributed by atoms with E-state index in [-0.39, 0.29) is 17.3 Å². The van der Waals surface area contributed by atoms with E-state index in [1.165, 1.54) is 0 Å². The average molecular weight is 299 g/mol. The molecule has 1 aromatic carbocycles. The Morgan fingerprint density at radius 1 is 1.33 bits per heavy atom. The minimum Gasteiger partial charge on any atom is -0.477 e. The van der Waals surface area contributed by atoms with E-state index in [9.17, 15) is 13.2 Å². The van der Waals surface area contributed by atoms with E-state index in [0.29, 0.717) is 10.9 Å². The lowest BCUT2D eigenvalue weighted by Gasteiger charge is -2.12. The molecule has 8 heteroatoms. The Bertz CT molecular complexity index is 671. The Balaban J connectivity index is 2.35. The molecule has 2 aromatic rings. The molecule has 0 aliphatic heterocycles. The van der Waals surface area contributed by atoms with Crippen LogP contribution in [0.5, 0.6) is 5.88 Å². The highest BCUT2D eigenvalue weighted by atomic mass is 19.4. The van der Waals surface area contributed by atoms with Gasteiger partial charge < -0.3 is 15.7 Å². The van der Waals surface area contributed by atoms with Crippen molar-refractivity contribution in [3.05, 3.63) is 35.9 Å². The Morgan fingerprint density at radius 3 is 2.71 bits per heavy atom. The molecular formula is C13H12F3N3O2. The van der Waals surface area contributed by atoms with Gasteiger partial charge in [-0.3, -0.25) is 0 Å². The largest absolute Gasteiger partial charge is 0.477 e. The molecule has 0 amide bonds. The summed E-state index contributed by atoms with van der Waals surface area (Å²) in [6, 6.07) is 8.47. The van der Waals surface area contributed by atoms with Crippen LogP contribution in [0.15, 0.2) is 35.5 Å². The maximum atomic E-state index is 12.1. The topological polar surface area (TPSA) is 80.7 Å². The molecule has 1 aromatic heterocycles. The van der Waals surface area contributed by atoms with E-state index in [1.807, 2.05) is 0 Å². The number of nitrogens with zero attached hydrogens (tertiary/aromatic N) is 2. The molecule has 0 radical (unpaired) electrons. The van der Waals surface area contributed by atoms with E-state index >= 15 is 0 Å². The summed E-state index contributed by atoms with van der Waals surface area (Å²) in [5, 5.41) is 12.3. The Morgan fingerprint density at radius 2 is 2.05 bits per heavy atom. The smallest absolute Gasteiger partial charge is 0.392 e. The fourth-order valence-electron chi connectivity index (χ4n) is 1.71. The summed E-state index contributed by atoms with van der Waals surface area (Å²) in [4.78, 5) is 4.10. The molecule has 0 atom stereocenters. The molecule has 0 saturated heterocycles. The molecule has 2 rings (SSSR count). The minimum atomic E-state index is -4.33. The highest BCUT2D eigenvalue weighted by Gasteiger charge is 2.27. The van der Waals surface area contributed by atoms with Crippen molar-refractivity contribution in [1.82, 2.24) is 4.98 Å². The van der Waals surface area contributed by atoms with Crippen molar-refractivity contribution < 1.29 is 23.1 Å². The molecule has 0 saturated carbocycles. The SMILES string of the molecule is N/C(=N/O)c1cc2ccccc2nc1OCCC(F)(F)F. The monoisotopic (exact) mass is 299 g/mol. The van der Waals surface area contributed by atoms with Crippen LogP contribution in [0.3, 0.4) is 0 Å². The molecule has 1 heterocycles. The van der Waals surface area contributed by atoms with E-state index in [1.54, 1.807) is 30.3 Å². The molecule has 0 spiro atoms. The van der Waals surface area contributed by atoms with Gasteiger partial charge in [0, 0.05) is 5.39 Å². The number of hydrogen-bond acceptors (Lipinski definition) is 4. The van der Waals surface area contributed by atoms with Crippen molar-refractivity contribution in [3.63, 3.8) is 0 Å². The lowest BCUT2D eigenvalue weighted by atomic mass is 10.1. The summed E-state index contributed by atoms with van der Waals surface area (Å²) in [5.41, 5.74) is 6.17. The number of halogens is 3. The fourth-order valence-corrected chi connectivity index (χ4v) is 1.71. The summed E-state index contributed by atoms with van der Waals surface area (Å²) in [6.07, 6.45) is -5.44. The van der Waals surface area contributed by atoms with E-state index in [0.717, 1.165) is 0 Å². The van der Waals surface area contributed by atoms with E-state index in [2.05, 4.69) is 10.1 Å². The minimum absolute atomic E-state index is 0.103. The molecule has 0 aliphatic carbocycles. The lowest BCUT2D eigenvalue weighted by Crippen LogP contribution is -2.18. The third-order valence-electron chi connectivity index (χ3n) is 2.70. The number of amidine groups is 1. The van der Waals surface area contributed by atoms with Crippen molar-refractivity contribution in [2.75, 3.05) is 6.61 Å². The zero-order valence-electron chi connectivity index (χ0n) is 10.8. The van der Waals surface area contributed by atoms with Gasteiger partial charge in [-0.1, -0.05) is 23.4 Å². The van der Waals surface area contributed by atoms with Crippen LogP contribution in [0.4, 0.5) is 13.2 Å². The Kier molecular flexibility index (Phi) is 4.15. The second-order valence-corrected chi connectivity index (χ2v) is 4.23. The molecule has 0 unspecified atom stereocenters. The Hall–Kier alpha value is -2.51. The summed E-state index contributed by atoms with van der Waals surface area (Å²) < 4.78 is 41.5. The maximum absolute atomic E-state index is 12.1. The van der Waals surface area contributed by atoms with Crippen LogP contribution >= 0.6 is 0 Å². The number of benzene rings is 1. The van der Waals surface area contributed by atoms with Crippen molar-refractivity contribution in [1.29, 1.82) is 0 Å². The summed E-state index contributed by atoms with van der Waals surface area (Å²) in [6.45, 7) is -0.597. The van der Waals surface area contributed by atoms with Gasteiger partial charge >= 0.3 is 6.18 Å². The van der Waals surface area contributed by atoms with Gasteiger partial charge in [0.1, 0.15) is 0 Å². The number of para-hydroxylation sites is 1. The van der Waals surface area contributed by atoms with Crippen molar-refractivity contribution >= 4 is 16.7 Å². The molecule has 112 valence electrons. The van der Waals surface area contributed by atoms with Crippen LogP contribution in [0.2, 0.25) is 0 Å². The zero-order valence-corrected chi connectivity index (χ0v) is 10.8. The average Bonchev–Trinajstić information content (AvgIpc) is 2.44. The molecule has 0 aliphatic rings. The van der Waals surface area contributed by atoms with Gasteiger partial charge in [-0.05, 0) is 12.1 Å². The highest BCUT2D eigenvalue weighted by molar-refractivity contribution is 6.02. The van der Waals surface area contributed by atoms with Crippen LogP contribution in [-0.4, -0.2) is 28.8 Å². The van der Waals surface area contributed by atoms with Crippen molar-refractivity contribution in [2.24, 2.45) is 10.9 Å². The number of hydrogen-bond donors (Lipinski definition) is 2. The normalized spacial score (nSPS) is 12.6. The number of pyridine rings is 1. The molecule has 3 N–H and O–H groups in total. The second kappa shape index (κ2) is 5.86. The van der Waals surface area contributed by atoms with Gasteiger partial charge in [0.15, 0.2) is 5.84 Å². The van der Waals surface area contributed by atoms with Gasteiger partial charge in [0.05, 0.1) is 24.1 Å². The number of oxime groups is 1. The van der Waals surface area contributed by atoms with Gasteiger partial charge in [-0.15, -0.1) is 0 Å². The molecule has 0 bridgehead atoms. The van der Waals surface area contributed by atoms with Gasteiger partial charge in [0.2, 0.25) is 5.88 Å². The fraction of sp³-hybridized carbons (Fsp3) is 0.231. The lowest BCUT2D eigenvalue weighted by molar-refractivity contribution is -0.139. The zero-order chi connectivity index (χ0) is 15.5. The predicted molar refractivity (Wildman–Crippen MR) is 70.4 cm³/mol. The summed E-state index contributed by atoms with van der Waals surface area (Å²) >= 11 is 0. The number of nitrogens with two attached hydrogens (primary N) is 1. The first kappa shape index (κ1) is 14.9. The van der Waals surface area contributed by atoms with E-state index in [4.69, 9.17) is 15.7 Å². The molecule has 21 heavy (non-hydrogen) atoms. The molecule has 5 nitrogen and oxygen atoms in total. The first-order valence-corrected chi connectivity index (χ1v) is 5.98.